The number of hydrogen-bond acceptors (Lipinski definition) is 7. The molecule has 2 N–H and O–H groups in total. The number of fused-ring (bicyclic) bond motifs is 28. The minimum absolute atomic E-state index is 0.363. The molecular weight excluding hydrogens is 1270 g/mol. The number of nitriles is 2. The van der Waals surface area contributed by atoms with E-state index in [9.17, 15) is 5.26 Å². The predicted molar refractivity (Wildman–Crippen MR) is 393 cm³/mol. The molecule has 5 aliphatic rings. The third-order valence-corrected chi connectivity index (χ3v) is 22.9. The molecule has 21 rings (SSSR count). The summed E-state index contributed by atoms with van der Waals surface area (Å²) in [6.45, 7) is 2.00. The highest BCUT2D eigenvalue weighted by molar-refractivity contribution is 9.10. The van der Waals surface area contributed by atoms with Gasteiger partial charge in [0.05, 0.1) is 56.5 Å². The maximum absolute atomic E-state index is 9.38. The van der Waals surface area contributed by atoms with E-state index in [0.717, 1.165) is 28.8 Å². The normalized spacial score (nSPS) is 16.0. The van der Waals surface area contributed by atoms with Gasteiger partial charge in [0.25, 0.3) is 0 Å². The lowest BCUT2D eigenvalue weighted by Gasteiger charge is -2.39. The smallest absolute Gasteiger partial charge is 0.423 e. The number of para-hydroxylation sites is 4. The molecule has 11 heteroatoms. The van der Waals surface area contributed by atoms with Gasteiger partial charge in [-0.05, 0) is 163 Å². The van der Waals surface area contributed by atoms with Crippen LogP contribution in [-0.2, 0) is 15.6 Å². The molecule has 2 atom stereocenters. The molecule has 450 valence electrons. The van der Waals surface area contributed by atoms with Gasteiger partial charge in [0.15, 0.2) is 0 Å². The van der Waals surface area contributed by atoms with Gasteiger partial charge in [-0.1, -0.05) is 216 Å². The molecule has 0 amide bonds. The molecule has 2 aliphatic carbocycles. The van der Waals surface area contributed by atoms with Gasteiger partial charge < -0.3 is 23.9 Å². The molecule has 3 aliphatic heterocycles. The van der Waals surface area contributed by atoms with Crippen LogP contribution < -0.4 is 5.46 Å². The number of thiophene rings is 2. The summed E-state index contributed by atoms with van der Waals surface area (Å²) in [5.74, 6) is 0. The zero-order valence-corrected chi connectivity index (χ0v) is 54.3. The van der Waals surface area contributed by atoms with Crippen molar-refractivity contribution in [2.24, 2.45) is 0 Å². The SMILES string of the molecule is Brc1ccc2c(c1)C1(c3ccccc3-2)c2ccccc2-n2c3sc4ccccc4c3c3cccc1c32.C1CCOC1.N#Cc1ccc(-c2ccc3c(c2)C2(c4ccccc4-3)c3ccccc3-n3c4sc5ccccc5c4c4cccc2c43)cc1.N#Cc1ccc(B(O)O)cc1. The molecule has 95 heavy (non-hydrogen) atoms. The topological polar surface area (TPSA) is 107 Å². The highest BCUT2D eigenvalue weighted by atomic mass is 79.9. The van der Waals surface area contributed by atoms with Gasteiger partial charge in [0.1, 0.15) is 9.66 Å². The quantitative estimate of drug-likeness (QED) is 0.168. The number of rotatable bonds is 2. The molecule has 16 aromatic rings. The van der Waals surface area contributed by atoms with E-state index in [-0.39, 0.29) is 5.41 Å². The van der Waals surface area contributed by atoms with Crippen LogP contribution in [0.25, 0.3) is 107 Å². The molecule has 12 aromatic carbocycles. The largest absolute Gasteiger partial charge is 0.488 e. The predicted octanol–water partition coefficient (Wildman–Crippen LogP) is 19.7. The van der Waals surface area contributed by atoms with Crippen molar-refractivity contribution < 1.29 is 14.8 Å². The van der Waals surface area contributed by atoms with E-state index in [1.54, 1.807) is 0 Å². The van der Waals surface area contributed by atoms with Crippen LogP contribution in [0.3, 0.4) is 0 Å². The van der Waals surface area contributed by atoms with Crippen LogP contribution in [0.2, 0.25) is 0 Å². The first kappa shape index (κ1) is 57.2. The van der Waals surface area contributed by atoms with Crippen molar-refractivity contribution in [3.63, 3.8) is 0 Å². The van der Waals surface area contributed by atoms with E-state index >= 15 is 0 Å². The molecule has 0 bridgehead atoms. The van der Waals surface area contributed by atoms with Crippen molar-refractivity contribution in [3.8, 4) is 56.9 Å². The fourth-order valence-electron chi connectivity index (χ4n) is 16.3. The molecule has 0 radical (unpaired) electrons. The zero-order valence-electron chi connectivity index (χ0n) is 51.1. The van der Waals surface area contributed by atoms with E-state index in [4.69, 9.17) is 20.0 Å². The number of nitrogens with zero attached hydrogens (tertiary/aromatic N) is 4. The van der Waals surface area contributed by atoms with Crippen LogP contribution in [0.5, 0.6) is 0 Å². The van der Waals surface area contributed by atoms with Crippen LogP contribution >= 0.6 is 38.6 Å². The second kappa shape index (κ2) is 22.4. The first-order chi connectivity index (χ1) is 46.8. The van der Waals surface area contributed by atoms with E-state index < -0.39 is 12.5 Å². The number of aromatic nitrogens is 2. The van der Waals surface area contributed by atoms with Crippen LogP contribution in [0.15, 0.2) is 271 Å². The highest BCUT2D eigenvalue weighted by Gasteiger charge is 2.53. The molecule has 4 aromatic heterocycles. The van der Waals surface area contributed by atoms with Crippen LogP contribution in [0.1, 0.15) is 68.5 Å². The lowest BCUT2D eigenvalue weighted by Crippen LogP contribution is -2.33. The summed E-state index contributed by atoms with van der Waals surface area (Å²) in [7, 11) is -1.46. The lowest BCUT2D eigenvalue weighted by atomic mass is 9.65. The molecule has 2 unspecified atom stereocenters. The third-order valence-electron chi connectivity index (χ3n) is 20.1. The Labute approximate surface area is 564 Å². The Balaban J connectivity index is 0.000000114. The summed E-state index contributed by atoms with van der Waals surface area (Å²) in [4.78, 5) is 2.64. The van der Waals surface area contributed by atoms with E-state index in [2.05, 4.69) is 262 Å². The van der Waals surface area contributed by atoms with E-state index in [1.165, 1.54) is 178 Å². The van der Waals surface area contributed by atoms with Crippen molar-refractivity contribution in [1.82, 2.24) is 9.13 Å². The van der Waals surface area contributed by atoms with Crippen molar-refractivity contribution in [2.75, 3.05) is 13.2 Å². The molecule has 1 fully saturated rings. The first-order valence-corrected chi connectivity index (χ1v) is 34.4. The maximum atomic E-state index is 9.38. The summed E-state index contributed by atoms with van der Waals surface area (Å²) in [5, 5.41) is 43.1. The maximum Gasteiger partial charge on any atom is 0.488 e. The summed E-state index contributed by atoms with van der Waals surface area (Å²) in [6, 6.07) is 99.6. The first-order valence-electron chi connectivity index (χ1n) is 32.0. The molecule has 0 saturated carbocycles. The zero-order chi connectivity index (χ0) is 63.7. The second-order valence-electron chi connectivity index (χ2n) is 24.8. The highest BCUT2D eigenvalue weighted by Crippen LogP contribution is 2.64. The Hall–Kier alpha value is -10.4. The van der Waals surface area contributed by atoms with Gasteiger partial charge in [-0.3, -0.25) is 0 Å². The minimum atomic E-state index is -1.46. The van der Waals surface area contributed by atoms with Crippen molar-refractivity contribution in [3.05, 3.63) is 327 Å². The van der Waals surface area contributed by atoms with E-state index in [1.807, 2.05) is 40.9 Å². The number of hydrogen-bond donors (Lipinski definition) is 2. The van der Waals surface area contributed by atoms with Crippen molar-refractivity contribution in [2.45, 2.75) is 23.7 Å². The summed E-state index contributed by atoms with van der Waals surface area (Å²) in [6.07, 6.45) is 2.56. The van der Waals surface area contributed by atoms with Crippen LogP contribution in [0.4, 0.5) is 0 Å². The number of ether oxygens (including phenoxy) is 1. The Bertz CT molecular complexity index is 5940. The Morgan fingerprint density at radius 1 is 0.400 bits per heavy atom. The standard InChI is InChI=1S/C40H22N2S.C33H18BrNS.C7H6BNO2.C4H8O/c41-23-24-16-18-25(19-17-24)26-20-21-28-27-8-1-3-11-31(27)40(34(28)22-26)32-12-4-5-14-35(32)42-38-30(10-7-13-33(38)40)37-29-9-2-6-15-36(29)43-39(37)42;34-19-16-17-21-20-8-1-3-11-24(20)33(27(21)18-19)25-12-4-5-14-28(25)35-31-23(10-7-13-26(31)33)30-22-9-2-6-15-29(22)36-32(30)35;9-5-6-1-3-7(4-2-6)8(10)11;1-2-4-5-3-1/h1-22H;1-18H;1-4,10-11H;1-4H2. The third kappa shape index (κ3) is 8.32. The summed E-state index contributed by atoms with van der Waals surface area (Å²) < 4.78 is 13.8. The average Bonchev–Trinajstić information content (AvgIpc) is 1.54. The monoisotopic (exact) mass is 1320 g/mol. The van der Waals surface area contributed by atoms with Gasteiger partial charge >= 0.3 is 7.12 Å². The fourth-order valence-corrected chi connectivity index (χ4v) is 19.1. The average molecular weight is 1320 g/mol. The van der Waals surface area contributed by atoms with Gasteiger partial charge in [0, 0.05) is 59.4 Å². The molecule has 1 saturated heterocycles. The molecule has 7 heterocycles. The second-order valence-corrected chi connectivity index (χ2v) is 27.8. The van der Waals surface area contributed by atoms with Crippen molar-refractivity contribution in [1.29, 1.82) is 10.5 Å². The van der Waals surface area contributed by atoms with Gasteiger partial charge in [-0.25, -0.2) is 0 Å². The minimum Gasteiger partial charge on any atom is -0.423 e. The van der Waals surface area contributed by atoms with Gasteiger partial charge in [-0.15, -0.1) is 22.7 Å². The lowest BCUT2D eigenvalue weighted by molar-refractivity contribution is 0.198. The van der Waals surface area contributed by atoms with Gasteiger partial charge in [-0.2, -0.15) is 10.5 Å². The van der Waals surface area contributed by atoms with E-state index in [0.29, 0.717) is 16.6 Å². The van der Waals surface area contributed by atoms with Crippen LogP contribution in [0, 0.1) is 22.7 Å². The fraction of sp³-hybridized carbons (Fsp3) is 0.0714. The summed E-state index contributed by atoms with van der Waals surface area (Å²) >= 11 is 7.61. The Kier molecular flexibility index (Phi) is 13.5. The Morgan fingerprint density at radius 3 is 1.31 bits per heavy atom. The number of benzene rings is 12. The summed E-state index contributed by atoms with van der Waals surface area (Å²) in [5.41, 5.74) is 24.2. The van der Waals surface area contributed by atoms with Crippen molar-refractivity contribution >= 4 is 114 Å². The van der Waals surface area contributed by atoms with Crippen LogP contribution in [-0.4, -0.2) is 39.5 Å². The molecule has 7 nitrogen and oxygen atoms in total. The molecular formula is C84H54BBrN4O3S2. The number of halogens is 1. The Morgan fingerprint density at radius 2 is 0.811 bits per heavy atom. The molecule has 2 spiro atoms. The van der Waals surface area contributed by atoms with Gasteiger partial charge in [0.2, 0.25) is 0 Å².